The van der Waals surface area contributed by atoms with Gasteiger partial charge >= 0.3 is 0 Å². The standard InChI is InChI=1S/C21H24N2O2/c1-25-20-10-6-5-9-18(20)23(21(24)17-7-3-2-4-8-17)19-15-22-13-11-16(19)12-14-22/h2-10,16,19H,11-15H2,1H3/t19-/m1/s1. The first-order valence-corrected chi connectivity index (χ1v) is 9.02. The zero-order valence-corrected chi connectivity index (χ0v) is 14.6. The number of carbonyl (C=O) groups excluding carboxylic acids is 1. The van der Waals surface area contributed by atoms with E-state index >= 15 is 0 Å². The van der Waals surface area contributed by atoms with Crippen molar-refractivity contribution in [1.29, 1.82) is 0 Å². The first-order chi connectivity index (χ1) is 12.3. The average molecular weight is 336 g/mol. The Morgan fingerprint density at radius 1 is 1.04 bits per heavy atom. The number of piperidine rings is 3. The van der Waals surface area contributed by atoms with Crippen molar-refractivity contribution in [1.82, 2.24) is 4.90 Å². The van der Waals surface area contributed by atoms with Crippen molar-refractivity contribution in [2.75, 3.05) is 31.6 Å². The molecule has 5 rings (SSSR count). The van der Waals surface area contributed by atoms with Gasteiger partial charge in [-0.05, 0) is 56.1 Å². The van der Waals surface area contributed by atoms with E-state index in [1.165, 1.54) is 12.8 Å². The van der Waals surface area contributed by atoms with Crippen molar-refractivity contribution in [3.05, 3.63) is 60.2 Å². The molecule has 0 spiro atoms. The van der Waals surface area contributed by atoms with Crippen LogP contribution in [0.5, 0.6) is 5.75 Å². The molecule has 0 unspecified atom stereocenters. The number of ether oxygens (including phenoxy) is 1. The molecule has 3 saturated heterocycles. The fourth-order valence-corrected chi connectivity index (χ4v) is 4.21. The van der Waals surface area contributed by atoms with Crippen LogP contribution >= 0.6 is 0 Å². The van der Waals surface area contributed by atoms with E-state index in [2.05, 4.69) is 4.90 Å². The fraction of sp³-hybridized carbons (Fsp3) is 0.381. The van der Waals surface area contributed by atoms with Crippen molar-refractivity contribution in [3.8, 4) is 5.75 Å². The highest BCUT2D eigenvalue weighted by molar-refractivity contribution is 6.07. The summed E-state index contributed by atoms with van der Waals surface area (Å²) in [6.45, 7) is 3.25. The third-order valence-electron chi connectivity index (χ3n) is 5.54. The zero-order chi connectivity index (χ0) is 17.2. The van der Waals surface area contributed by atoms with E-state index in [4.69, 9.17) is 4.74 Å². The molecule has 3 fully saturated rings. The minimum absolute atomic E-state index is 0.0591. The van der Waals surface area contributed by atoms with Crippen LogP contribution in [0.25, 0.3) is 0 Å². The van der Waals surface area contributed by atoms with Crippen molar-refractivity contribution < 1.29 is 9.53 Å². The molecule has 0 radical (unpaired) electrons. The lowest BCUT2D eigenvalue weighted by Crippen LogP contribution is -2.59. The van der Waals surface area contributed by atoms with E-state index < -0.39 is 0 Å². The maximum atomic E-state index is 13.4. The largest absolute Gasteiger partial charge is 0.495 e. The Morgan fingerprint density at radius 2 is 1.72 bits per heavy atom. The van der Waals surface area contributed by atoms with Gasteiger partial charge in [0, 0.05) is 12.1 Å². The summed E-state index contributed by atoms with van der Waals surface area (Å²) >= 11 is 0. The van der Waals surface area contributed by atoms with Crippen LogP contribution in [0.2, 0.25) is 0 Å². The quantitative estimate of drug-likeness (QED) is 0.857. The normalized spacial score (nSPS) is 24.8. The summed E-state index contributed by atoms with van der Waals surface area (Å²) in [7, 11) is 1.67. The van der Waals surface area contributed by atoms with E-state index in [1.54, 1.807) is 7.11 Å². The van der Waals surface area contributed by atoms with Crippen LogP contribution in [0.3, 0.4) is 0 Å². The number of nitrogens with zero attached hydrogens (tertiary/aromatic N) is 2. The molecule has 0 N–H and O–H groups in total. The van der Waals surface area contributed by atoms with Gasteiger partial charge in [-0.2, -0.15) is 0 Å². The number of benzene rings is 2. The molecule has 2 bridgehead atoms. The fourth-order valence-electron chi connectivity index (χ4n) is 4.21. The molecule has 2 aromatic rings. The first-order valence-electron chi connectivity index (χ1n) is 9.02. The number of para-hydroxylation sites is 2. The summed E-state index contributed by atoms with van der Waals surface area (Å²) in [5.41, 5.74) is 1.60. The van der Waals surface area contributed by atoms with Gasteiger partial charge in [-0.3, -0.25) is 4.79 Å². The van der Waals surface area contributed by atoms with Crippen LogP contribution in [-0.2, 0) is 0 Å². The second-order valence-corrected chi connectivity index (χ2v) is 6.92. The van der Waals surface area contributed by atoms with Crippen LogP contribution in [-0.4, -0.2) is 43.6 Å². The number of fused-ring (bicyclic) bond motifs is 3. The number of anilines is 1. The average Bonchev–Trinajstić information content (AvgIpc) is 2.70. The van der Waals surface area contributed by atoms with Gasteiger partial charge in [0.2, 0.25) is 0 Å². The van der Waals surface area contributed by atoms with Gasteiger partial charge in [0.1, 0.15) is 5.75 Å². The van der Waals surface area contributed by atoms with Gasteiger partial charge in [-0.1, -0.05) is 30.3 Å². The SMILES string of the molecule is COc1ccccc1N(C(=O)c1ccccc1)[C@@H]1CN2CCC1CC2. The second-order valence-electron chi connectivity index (χ2n) is 6.92. The number of hydrogen-bond donors (Lipinski definition) is 0. The van der Waals surface area contributed by atoms with Crippen molar-refractivity contribution in [2.24, 2.45) is 5.92 Å². The summed E-state index contributed by atoms with van der Waals surface area (Å²) in [5.74, 6) is 1.37. The number of carbonyl (C=O) groups is 1. The molecule has 3 aliphatic rings. The summed E-state index contributed by atoms with van der Waals surface area (Å²) in [5, 5.41) is 0. The summed E-state index contributed by atoms with van der Waals surface area (Å²) in [4.78, 5) is 17.9. The Balaban J connectivity index is 1.77. The summed E-state index contributed by atoms with van der Waals surface area (Å²) in [6, 6.07) is 17.6. The first kappa shape index (κ1) is 16.2. The molecule has 0 aromatic heterocycles. The van der Waals surface area contributed by atoms with E-state index in [0.29, 0.717) is 5.92 Å². The van der Waals surface area contributed by atoms with E-state index in [9.17, 15) is 4.79 Å². The van der Waals surface area contributed by atoms with Gasteiger partial charge in [0.05, 0.1) is 18.8 Å². The van der Waals surface area contributed by atoms with Crippen LogP contribution in [0, 0.1) is 5.92 Å². The maximum Gasteiger partial charge on any atom is 0.258 e. The van der Waals surface area contributed by atoms with Gasteiger partial charge in [-0.25, -0.2) is 0 Å². The number of methoxy groups -OCH3 is 1. The molecule has 25 heavy (non-hydrogen) atoms. The third-order valence-corrected chi connectivity index (χ3v) is 5.54. The predicted octanol–water partition coefficient (Wildman–Crippen LogP) is 3.44. The van der Waals surface area contributed by atoms with E-state index in [1.807, 2.05) is 59.5 Å². The lowest BCUT2D eigenvalue weighted by atomic mass is 9.82. The maximum absolute atomic E-state index is 13.4. The Labute approximate surface area is 149 Å². The molecule has 1 atom stereocenters. The highest BCUT2D eigenvalue weighted by Crippen LogP contribution is 2.38. The summed E-state index contributed by atoms with van der Waals surface area (Å²) in [6.07, 6.45) is 2.33. The van der Waals surface area contributed by atoms with Gasteiger partial charge in [0.15, 0.2) is 0 Å². The molecule has 3 heterocycles. The van der Waals surface area contributed by atoms with E-state index in [-0.39, 0.29) is 11.9 Å². The Hall–Kier alpha value is -2.33. The Morgan fingerprint density at radius 3 is 2.36 bits per heavy atom. The van der Waals surface area contributed by atoms with Crippen molar-refractivity contribution >= 4 is 11.6 Å². The zero-order valence-electron chi connectivity index (χ0n) is 14.6. The molecule has 4 heteroatoms. The van der Waals surface area contributed by atoms with Gasteiger partial charge in [-0.15, -0.1) is 0 Å². The Bertz CT molecular complexity index is 739. The number of rotatable bonds is 4. The third kappa shape index (κ3) is 3.02. The van der Waals surface area contributed by atoms with E-state index in [0.717, 1.165) is 36.6 Å². The molecule has 130 valence electrons. The smallest absolute Gasteiger partial charge is 0.258 e. The Kier molecular flexibility index (Phi) is 4.45. The lowest BCUT2D eigenvalue weighted by molar-refractivity contribution is 0.0732. The molecule has 2 aromatic carbocycles. The van der Waals surface area contributed by atoms with Crippen molar-refractivity contribution in [2.45, 2.75) is 18.9 Å². The van der Waals surface area contributed by atoms with Crippen LogP contribution in [0.1, 0.15) is 23.2 Å². The summed E-state index contributed by atoms with van der Waals surface area (Å²) < 4.78 is 5.58. The number of hydrogen-bond acceptors (Lipinski definition) is 3. The molecule has 0 aliphatic carbocycles. The highest BCUT2D eigenvalue weighted by Gasteiger charge is 2.40. The van der Waals surface area contributed by atoms with Crippen LogP contribution in [0.4, 0.5) is 5.69 Å². The minimum Gasteiger partial charge on any atom is -0.495 e. The molecule has 4 nitrogen and oxygen atoms in total. The lowest BCUT2D eigenvalue weighted by Gasteiger charge is -2.49. The molecule has 3 aliphatic heterocycles. The molecular formula is C21H24N2O2. The highest BCUT2D eigenvalue weighted by atomic mass is 16.5. The molecule has 0 saturated carbocycles. The molecular weight excluding hydrogens is 312 g/mol. The monoisotopic (exact) mass is 336 g/mol. The van der Waals surface area contributed by atoms with Crippen LogP contribution < -0.4 is 9.64 Å². The predicted molar refractivity (Wildman–Crippen MR) is 99.2 cm³/mol. The topological polar surface area (TPSA) is 32.8 Å². The van der Waals surface area contributed by atoms with Crippen molar-refractivity contribution in [3.63, 3.8) is 0 Å². The number of amides is 1. The van der Waals surface area contributed by atoms with Gasteiger partial charge in [0.25, 0.3) is 5.91 Å². The van der Waals surface area contributed by atoms with Gasteiger partial charge < -0.3 is 14.5 Å². The second kappa shape index (κ2) is 6.89. The minimum atomic E-state index is 0.0591. The van der Waals surface area contributed by atoms with Crippen LogP contribution in [0.15, 0.2) is 54.6 Å². The molecule has 1 amide bonds.